The number of ether oxygens (including phenoxy) is 1. The Hall–Kier alpha value is -2.84. The van der Waals surface area contributed by atoms with Crippen molar-refractivity contribution >= 4 is 28.9 Å². The van der Waals surface area contributed by atoms with Gasteiger partial charge in [-0.15, -0.1) is 11.8 Å². The summed E-state index contributed by atoms with van der Waals surface area (Å²) in [5.41, 5.74) is 4.21. The highest BCUT2D eigenvalue weighted by Gasteiger charge is 2.19. The number of hydrogen-bond acceptors (Lipinski definition) is 5. The van der Waals surface area contributed by atoms with Crippen LogP contribution < -0.4 is 5.32 Å². The summed E-state index contributed by atoms with van der Waals surface area (Å²) in [5.74, 6) is -0.387. The minimum absolute atomic E-state index is 0.000696. The summed E-state index contributed by atoms with van der Waals surface area (Å²) in [7, 11) is 0. The van der Waals surface area contributed by atoms with Gasteiger partial charge in [0.25, 0.3) is 0 Å². The molecule has 0 unspecified atom stereocenters. The number of pyridine rings is 1. The van der Waals surface area contributed by atoms with Crippen molar-refractivity contribution in [2.45, 2.75) is 51.3 Å². The van der Waals surface area contributed by atoms with E-state index in [1.165, 1.54) is 6.08 Å². The Labute approximate surface area is 197 Å². The van der Waals surface area contributed by atoms with Gasteiger partial charge in [0.15, 0.2) is 0 Å². The maximum atomic E-state index is 14.8. The Morgan fingerprint density at radius 1 is 1.30 bits per heavy atom. The van der Waals surface area contributed by atoms with Crippen LogP contribution in [0.15, 0.2) is 53.2 Å². The summed E-state index contributed by atoms with van der Waals surface area (Å²) in [4.78, 5) is 17.5. The lowest BCUT2D eigenvalue weighted by Gasteiger charge is -2.19. The predicted molar refractivity (Wildman–Crippen MR) is 131 cm³/mol. The van der Waals surface area contributed by atoms with Gasteiger partial charge in [-0.2, -0.15) is 0 Å². The van der Waals surface area contributed by atoms with Crippen LogP contribution in [0.5, 0.6) is 0 Å². The maximum absolute atomic E-state index is 14.8. The summed E-state index contributed by atoms with van der Waals surface area (Å²) in [5, 5.41) is 12.1. The number of carbonyl (C=O) groups is 1. The fourth-order valence-corrected chi connectivity index (χ4v) is 4.03. The number of fused-ring (bicyclic) bond motifs is 1. The molecule has 3 aromatic rings. The van der Waals surface area contributed by atoms with E-state index >= 15 is 0 Å². The third-order valence-corrected chi connectivity index (χ3v) is 5.75. The smallest absolute Gasteiger partial charge is 0.407 e. The van der Waals surface area contributed by atoms with Crippen molar-refractivity contribution < 1.29 is 19.0 Å². The normalized spacial score (nSPS) is 12.3. The number of aliphatic hydroxyl groups is 1. The zero-order valence-corrected chi connectivity index (χ0v) is 20.4. The molecule has 8 heteroatoms. The highest BCUT2D eigenvalue weighted by Crippen LogP contribution is 2.35. The first kappa shape index (κ1) is 24.8. The van der Waals surface area contributed by atoms with Gasteiger partial charge in [0.2, 0.25) is 0 Å². The molecule has 0 bridgehead atoms. The molecule has 2 N–H and O–H groups in total. The lowest BCUT2D eigenvalue weighted by molar-refractivity contribution is 0.0534. The summed E-state index contributed by atoms with van der Waals surface area (Å²) in [6, 6.07) is 11.7. The molecule has 0 fully saturated rings. The van der Waals surface area contributed by atoms with Crippen LogP contribution in [0.2, 0.25) is 0 Å². The summed E-state index contributed by atoms with van der Waals surface area (Å²) >= 11 is 1.65. The zero-order chi connectivity index (χ0) is 24.2. The van der Waals surface area contributed by atoms with Crippen LogP contribution in [-0.2, 0) is 17.9 Å². The molecular weight excluding hydrogens is 441 g/mol. The number of benzene rings is 1. The molecule has 33 heavy (non-hydrogen) atoms. The van der Waals surface area contributed by atoms with Crippen LogP contribution in [0.4, 0.5) is 9.18 Å². The number of aromatic nitrogens is 2. The second-order valence-electron chi connectivity index (χ2n) is 8.64. The van der Waals surface area contributed by atoms with Crippen LogP contribution in [0, 0.1) is 6.92 Å². The first-order valence-electron chi connectivity index (χ1n) is 10.7. The number of carbonyl (C=O) groups excluding carboxylic acids is 1. The molecule has 176 valence electrons. The Bertz CT molecular complexity index is 1180. The fraction of sp³-hybridized carbons (Fsp3) is 0.360. The SMILES string of the molecule is CSc1cccc(-c2c(C)n(C/C(F)=C/CNC(=O)OC(C)(C)C)c3ccc(CO)nc23)c1. The van der Waals surface area contributed by atoms with Gasteiger partial charge in [-0.1, -0.05) is 12.1 Å². The molecule has 2 aromatic heterocycles. The molecule has 0 saturated heterocycles. The molecule has 0 spiro atoms. The van der Waals surface area contributed by atoms with E-state index in [2.05, 4.69) is 16.4 Å². The van der Waals surface area contributed by atoms with Crippen molar-refractivity contribution in [1.29, 1.82) is 0 Å². The maximum Gasteiger partial charge on any atom is 0.407 e. The largest absolute Gasteiger partial charge is 0.444 e. The molecule has 1 amide bonds. The topological polar surface area (TPSA) is 76.4 Å². The van der Waals surface area contributed by atoms with Crippen LogP contribution in [0.25, 0.3) is 22.2 Å². The quantitative estimate of drug-likeness (QED) is 0.439. The highest BCUT2D eigenvalue weighted by molar-refractivity contribution is 7.98. The van der Waals surface area contributed by atoms with Crippen molar-refractivity contribution in [3.8, 4) is 11.1 Å². The van der Waals surface area contributed by atoms with Gasteiger partial charge in [-0.05, 0) is 69.9 Å². The number of allylic oxidation sites excluding steroid dienone is 1. The third-order valence-electron chi connectivity index (χ3n) is 5.02. The standard InChI is InChI=1S/C25H30FN3O3S/c1-16-22(17-7-6-8-20(13-17)33-5)23-21(10-9-19(15-30)28-23)29(16)14-18(26)11-12-27-24(31)32-25(2,3)4/h6-11,13,30H,12,14-15H2,1-5H3,(H,27,31)/b18-11-. The monoisotopic (exact) mass is 471 g/mol. The number of amides is 1. The molecule has 3 rings (SSSR count). The Morgan fingerprint density at radius 3 is 2.73 bits per heavy atom. The number of alkyl carbamates (subject to hydrolysis) is 1. The van der Waals surface area contributed by atoms with Crippen molar-refractivity contribution in [3.05, 3.63) is 59.7 Å². The predicted octanol–water partition coefficient (Wildman–Crippen LogP) is 5.60. The average Bonchev–Trinajstić information content (AvgIpc) is 3.03. The van der Waals surface area contributed by atoms with Gasteiger partial charge in [-0.3, -0.25) is 0 Å². The zero-order valence-electron chi connectivity index (χ0n) is 19.6. The van der Waals surface area contributed by atoms with E-state index in [0.29, 0.717) is 5.69 Å². The Balaban J connectivity index is 1.93. The number of hydrogen-bond donors (Lipinski definition) is 2. The molecule has 0 aliphatic rings. The van der Waals surface area contributed by atoms with Gasteiger partial charge in [0, 0.05) is 22.7 Å². The fourth-order valence-electron chi connectivity index (χ4n) is 3.57. The van der Waals surface area contributed by atoms with Crippen LogP contribution >= 0.6 is 11.8 Å². The summed E-state index contributed by atoms with van der Waals surface area (Å²) in [6.07, 6.45) is 2.76. The number of halogens is 1. The van der Waals surface area contributed by atoms with E-state index < -0.39 is 11.7 Å². The van der Waals surface area contributed by atoms with Crippen LogP contribution in [0.3, 0.4) is 0 Å². The van der Waals surface area contributed by atoms with E-state index in [9.17, 15) is 14.3 Å². The van der Waals surface area contributed by atoms with E-state index in [1.807, 2.05) is 42.0 Å². The van der Waals surface area contributed by atoms with Crippen molar-refractivity contribution in [2.24, 2.45) is 0 Å². The Morgan fingerprint density at radius 2 is 2.06 bits per heavy atom. The molecule has 0 saturated carbocycles. The minimum Gasteiger partial charge on any atom is -0.444 e. The summed E-state index contributed by atoms with van der Waals surface area (Å²) < 4.78 is 21.9. The van der Waals surface area contributed by atoms with E-state index in [0.717, 1.165) is 32.7 Å². The van der Waals surface area contributed by atoms with E-state index in [1.54, 1.807) is 38.6 Å². The second kappa shape index (κ2) is 10.4. The lowest BCUT2D eigenvalue weighted by Crippen LogP contribution is -2.32. The van der Waals surface area contributed by atoms with E-state index in [4.69, 9.17) is 4.74 Å². The summed E-state index contributed by atoms with van der Waals surface area (Å²) in [6.45, 7) is 7.10. The molecule has 0 radical (unpaired) electrons. The first-order chi connectivity index (χ1) is 15.6. The van der Waals surface area contributed by atoms with Gasteiger partial charge >= 0.3 is 6.09 Å². The number of thioether (sulfide) groups is 1. The lowest BCUT2D eigenvalue weighted by atomic mass is 10.1. The molecule has 6 nitrogen and oxygen atoms in total. The molecule has 1 aromatic carbocycles. The van der Waals surface area contributed by atoms with Crippen molar-refractivity contribution in [1.82, 2.24) is 14.9 Å². The Kier molecular flexibility index (Phi) is 7.81. The number of nitrogens with one attached hydrogen (secondary N) is 1. The van der Waals surface area contributed by atoms with Gasteiger partial charge in [0.05, 0.1) is 29.9 Å². The molecule has 0 aliphatic carbocycles. The van der Waals surface area contributed by atoms with Gasteiger partial charge in [-0.25, -0.2) is 14.2 Å². The van der Waals surface area contributed by atoms with Gasteiger partial charge < -0.3 is 19.7 Å². The van der Waals surface area contributed by atoms with E-state index in [-0.39, 0.29) is 25.5 Å². The highest BCUT2D eigenvalue weighted by atomic mass is 32.2. The van der Waals surface area contributed by atoms with Crippen LogP contribution in [-0.4, -0.2) is 39.2 Å². The molecular formula is C25H30FN3O3S. The third kappa shape index (κ3) is 6.15. The molecule has 2 heterocycles. The molecule has 0 aliphatic heterocycles. The van der Waals surface area contributed by atoms with Crippen LogP contribution in [0.1, 0.15) is 32.2 Å². The second-order valence-corrected chi connectivity index (χ2v) is 9.52. The van der Waals surface area contributed by atoms with Crippen molar-refractivity contribution in [2.75, 3.05) is 12.8 Å². The number of rotatable bonds is 7. The number of aliphatic hydroxyl groups excluding tert-OH is 1. The average molecular weight is 472 g/mol. The van der Waals surface area contributed by atoms with Gasteiger partial charge in [0.1, 0.15) is 11.4 Å². The van der Waals surface area contributed by atoms with Crippen molar-refractivity contribution in [3.63, 3.8) is 0 Å². The molecule has 0 atom stereocenters. The minimum atomic E-state index is -0.613. The number of nitrogens with zero attached hydrogens (tertiary/aromatic N) is 2. The first-order valence-corrected chi connectivity index (χ1v) is 11.9.